The number of nitrogens with zero attached hydrogens (tertiary/aromatic N) is 1. The topological polar surface area (TPSA) is 45.6 Å². The number of benzene rings is 2. The summed E-state index contributed by atoms with van der Waals surface area (Å²) in [4.78, 5) is 4.25. The number of rotatable bonds is 7. The number of nitrogens with one attached hydrogen (secondary N) is 2. The molecule has 0 spiro atoms. The van der Waals surface area contributed by atoms with E-state index < -0.39 is 0 Å². The minimum absolute atomic E-state index is 0.498. The summed E-state index contributed by atoms with van der Waals surface area (Å²) in [6, 6.07) is 18.2. The molecule has 0 radical (unpaired) electrons. The molecule has 0 aromatic heterocycles. The predicted octanol–water partition coefficient (Wildman–Crippen LogP) is 3.12. The molecule has 4 heteroatoms. The lowest BCUT2D eigenvalue weighted by Crippen LogP contribution is -2.36. The standard InChI is InChI=1S/C19H23N3O/c1-3-13-23-18-12-8-7-11-17(18)15-22-19(20-2)21-14-16-9-5-4-6-10-16/h3-12H,1,13-15H2,2H3,(H2,20,21,22). The van der Waals surface area contributed by atoms with E-state index >= 15 is 0 Å². The van der Waals surface area contributed by atoms with Crippen molar-refractivity contribution in [2.24, 2.45) is 4.99 Å². The van der Waals surface area contributed by atoms with E-state index in [1.807, 2.05) is 42.5 Å². The van der Waals surface area contributed by atoms with Gasteiger partial charge in [0.1, 0.15) is 12.4 Å². The van der Waals surface area contributed by atoms with Crippen molar-refractivity contribution < 1.29 is 4.74 Å². The van der Waals surface area contributed by atoms with Gasteiger partial charge in [-0.25, -0.2) is 0 Å². The second-order valence-corrected chi connectivity index (χ2v) is 4.97. The third kappa shape index (κ3) is 5.51. The van der Waals surface area contributed by atoms with Crippen molar-refractivity contribution in [3.8, 4) is 5.75 Å². The minimum Gasteiger partial charge on any atom is -0.489 e. The molecule has 2 aromatic rings. The molecule has 0 aliphatic carbocycles. The molecule has 0 atom stereocenters. The van der Waals surface area contributed by atoms with Crippen LogP contribution in [0, 0.1) is 0 Å². The third-order valence-electron chi connectivity index (χ3n) is 3.30. The molecule has 0 bridgehead atoms. The Labute approximate surface area is 137 Å². The van der Waals surface area contributed by atoms with Gasteiger partial charge in [-0.2, -0.15) is 0 Å². The van der Waals surface area contributed by atoms with E-state index in [1.54, 1.807) is 13.1 Å². The van der Waals surface area contributed by atoms with Crippen LogP contribution in [0.25, 0.3) is 0 Å². The molecule has 0 aliphatic heterocycles. The molecule has 2 aromatic carbocycles. The zero-order valence-electron chi connectivity index (χ0n) is 13.5. The quantitative estimate of drug-likeness (QED) is 0.469. The fraction of sp³-hybridized carbons (Fsp3) is 0.211. The maximum absolute atomic E-state index is 5.66. The maximum atomic E-state index is 5.66. The lowest BCUT2D eigenvalue weighted by atomic mass is 10.2. The van der Waals surface area contributed by atoms with Crippen LogP contribution in [-0.2, 0) is 13.1 Å². The molecule has 120 valence electrons. The van der Waals surface area contributed by atoms with Crippen LogP contribution >= 0.6 is 0 Å². The molecule has 0 saturated heterocycles. The van der Waals surface area contributed by atoms with Crippen molar-refractivity contribution in [2.45, 2.75) is 13.1 Å². The molecule has 2 N–H and O–H groups in total. The second kappa shape index (κ2) is 9.30. The minimum atomic E-state index is 0.498. The van der Waals surface area contributed by atoms with Crippen molar-refractivity contribution in [1.82, 2.24) is 10.6 Å². The Hall–Kier alpha value is -2.75. The Balaban J connectivity index is 1.89. The first-order valence-electron chi connectivity index (χ1n) is 7.63. The van der Waals surface area contributed by atoms with E-state index in [9.17, 15) is 0 Å². The van der Waals surface area contributed by atoms with Gasteiger partial charge in [0.25, 0.3) is 0 Å². The summed E-state index contributed by atoms with van der Waals surface area (Å²) < 4.78 is 5.66. The highest BCUT2D eigenvalue weighted by Gasteiger charge is 2.04. The maximum Gasteiger partial charge on any atom is 0.191 e. The number of ether oxygens (including phenoxy) is 1. The van der Waals surface area contributed by atoms with Gasteiger partial charge in [-0.15, -0.1) is 0 Å². The zero-order valence-corrected chi connectivity index (χ0v) is 13.5. The summed E-state index contributed by atoms with van der Waals surface area (Å²) in [5.74, 6) is 1.62. The highest BCUT2D eigenvalue weighted by Crippen LogP contribution is 2.17. The average Bonchev–Trinajstić information content (AvgIpc) is 2.61. The first-order valence-corrected chi connectivity index (χ1v) is 7.63. The van der Waals surface area contributed by atoms with Crippen LogP contribution in [0.15, 0.2) is 72.2 Å². The van der Waals surface area contributed by atoms with Crippen molar-refractivity contribution in [3.05, 3.63) is 78.4 Å². The lowest BCUT2D eigenvalue weighted by molar-refractivity contribution is 0.358. The van der Waals surface area contributed by atoms with Crippen LogP contribution in [0.2, 0.25) is 0 Å². The van der Waals surface area contributed by atoms with Gasteiger partial charge in [-0.05, 0) is 11.6 Å². The molecule has 0 saturated carbocycles. The SMILES string of the molecule is C=CCOc1ccccc1CNC(=NC)NCc1ccccc1. The number of guanidine groups is 1. The van der Waals surface area contributed by atoms with Gasteiger partial charge in [0.05, 0.1) is 0 Å². The normalized spacial score (nSPS) is 10.9. The lowest BCUT2D eigenvalue weighted by Gasteiger charge is -2.14. The van der Waals surface area contributed by atoms with Crippen LogP contribution in [0.1, 0.15) is 11.1 Å². The van der Waals surface area contributed by atoms with Crippen molar-refractivity contribution >= 4 is 5.96 Å². The van der Waals surface area contributed by atoms with Crippen LogP contribution in [0.5, 0.6) is 5.75 Å². The fourth-order valence-electron chi connectivity index (χ4n) is 2.12. The van der Waals surface area contributed by atoms with Gasteiger partial charge in [-0.1, -0.05) is 61.2 Å². The molecular weight excluding hydrogens is 286 g/mol. The largest absolute Gasteiger partial charge is 0.489 e. The molecular formula is C19H23N3O. The summed E-state index contributed by atoms with van der Waals surface area (Å²) in [6.07, 6.45) is 1.74. The molecule has 0 aliphatic rings. The summed E-state index contributed by atoms with van der Waals surface area (Å²) in [6.45, 7) is 5.55. The molecule has 23 heavy (non-hydrogen) atoms. The van der Waals surface area contributed by atoms with Crippen molar-refractivity contribution in [2.75, 3.05) is 13.7 Å². The summed E-state index contributed by atoms with van der Waals surface area (Å²) >= 11 is 0. The molecule has 4 nitrogen and oxygen atoms in total. The van der Waals surface area contributed by atoms with E-state index in [0.29, 0.717) is 13.2 Å². The highest BCUT2D eigenvalue weighted by atomic mass is 16.5. The van der Waals surface area contributed by atoms with Crippen LogP contribution in [-0.4, -0.2) is 19.6 Å². The molecule has 0 amide bonds. The summed E-state index contributed by atoms with van der Waals surface area (Å²) in [7, 11) is 1.76. The monoisotopic (exact) mass is 309 g/mol. The van der Waals surface area contributed by atoms with Crippen LogP contribution in [0.3, 0.4) is 0 Å². The smallest absolute Gasteiger partial charge is 0.191 e. The Bertz CT molecular complexity index is 638. The van der Waals surface area contributed by atoms with Crippen LogP contribution < -0.4 is 15.4 Å². The number of hydrogen-bond donors (Lipinski definition) is 2. The molecule has 2 rings (SSSR count). The van der Waals surface area contributed by atoms with E-state index in [4.69, 9.17) is 4.74 Å². The number of aliphatic imine (C=N–C) groups is 1. The first kappa shape index (κ1) is 16.6. The van der Waals surface area contributed by atoms with Gasteiger partial charge < -0.3 is 15.4 Å². The van der Waals surface area contributed by atoms with E-state index in [-0.39, 0.29) is 0 Å². The highest BCUT2D eigenvalue weighted by molar-refractivity contribution is 5.79. The Morgan fingerprint density at radius 1 is 1.04 bits per heavy atom. The Kier molecular flexibility index (Phi) is 6.72. The van der Waals surface area contributed by atoms with E-state index in [0.717, 1.165) is 23.8 Å². The fourth-order valence-corrected chi connectivity index (χ4v) is 2.12. The van der Waals surface area contributed by atoms with Crippen molar-refractivity contribution in [3.63, 3.8) is 0 Å². The van der Waals surface area contributed by atoms with Gasteiger partial charge in [-0.3, -0.25) is 4.99 Å². The van der Waals surface area contributed by atoms with Gasteiger partial charge in [0.2, 0.25) is 0 Å². The van der Waals surface area contributed by atoms with E-state index in [2.05, 4.69) is 34.3 Å². The summed E-state index contributed by atoms with van der Waals surface area (Å²) in [5.41, 5.74) is 2.29. The van der Waals surface area contributed by atoms with Crippen molar-refractivity contribution in [1.29, 1.82) is 0 Å². The Morgan fingerprint density at radius 2 is 1.74 bits per heavy atom. The number of para-hydroxylation sites is 1. The first-order chi connectivity index (χ1) is 11.3. The number of hydrogen-bond acceptors (Lipinski definition) is 2. The van der Waals surface area contributed by atoms with Gasteiger partial charge in [0.15, 0.2) is 5.96 Å². The van der Waals surface area contributed by atoms with Gasteiger partial charge in [0, 0.05) is 25.7 Å². The average molecular weight is 309 g/mol. The van der Waals surface area contributed by atoms with E-state index in [1.165, 1.54) is 5.56 Å². The molecule has 0 fully saturated rings. The predicted molar refractivity (Wildman–Crippen MR) is 95.6 cm³/mol. The Morgan fingerprint density at radius 3 is 2.48 bits per heavy atom. The zero-order chi connectivity index (χ0) is 16.3. The third-order valence-corrected chi connectivity index (χ3v) is 3.30. The second-order valence-electron chi connectivity index (χ2n) is 4.97. The summed E-state index contributed by atoms with van der Waals surface area (Å²) in [5, 5.41) is 6.61. The van der Waals surface area contributed by atoms with Gasteiger partial charge >= 0.3 is 0 Å². The molecule has 0 unspecified atom stereocenters. The van der Waals surface area contributed by atoms with Crippen LogP contribution in [0.4, 0.5) is 0 Å². The molecule has 0 heterocycles.